The summed E-state index contributed by atoms with van der Waals surface area (Å²) in [6.45, 7) is 2.00. The molecule has 6 rings (SSSR count). The molecule has 0 spiro atoms. The van der Waals surface area contributed by atoms with Gasteiger partial charge in [0.05, 0.1) is 5.69 Å². The molecule has 1 fully saturated rings. The first-order valence-corrected chi connectivity index (χ1v) is 14.4. The molecule has 0 aliphatic heterocycles. The Labute approximate surface area is 247 Å². The molecule has 1 saturated carbocycles. The van der Waals surface area contributed by atoms with Gasteiger partial charge in [0.25, 0.3) is 11.5 Å². The van der Waals surface area contributed by atoms with Crippen LogP contribution in [0, 0.1) is 5.82 Å². The first kappa shape index (κ1) is 28.1. The summed E-state index contributed by atoms with van der Waals surface area (Å²) in [6.07, 6.45) is 9.71. The van der Waals surface area contributed by atoms with E-state index in [1.54, 1.807) is 23.0 Å². The molecule has 3 heterocycles. The van der Waals surface area contributed by atoms with Gasteiger partial charge in [-0.3, -0.25) is 14.2 Å². The Morgan fingerprint density at radius 2 is 1.81 bits per heavy atom. The van der Waals surface area contributed by atoms with E-state index >= 15 is 0 Å². The maximum absolute atomic E-state index is 13.4. The number of hydrogen-bond donors (Lipinski definition) is 4. The van der Waals surface area contributed by atoms with Gasteiger partial charge in [0.2, 0.25) is 0 Å². The summed E-state index contributed by atoms with van der Waals surface area (Å²) in [7, 11) is 0. The summed E-state index contributed by atoms with van der Waals surface area (Å²) in [4.78, 5) is 30.8. The van der Waals surface area contributed by atoms with Crippen molar-refractivity contribution in [3.63, 3.8) is 0 Å². The number of fused-ring (bicyclic) bond motifs is 1. The van der Waals surface area contributed by atoms with Crippen molar-refractivity contribution in [1.29, 1.82) is 0 Å². The third kappa shape index (κ3) is 6.12. The lowest BCUT2D eigenvalue weighted by molar-refractivity contribution is 0.102. The second kappa shape index (κ2) is 12.1. The molecule has 5 aromatic rings. The molecule has 0 atom stereocenters. The first-order valence-electron chi connectivity index (χ1n) is 14.4. The quantitative estimate of drug-likeness (QED) is 0.197. The Hall–Kier alpha value is -5.03. The van der Waals surface area contributed by atoms with Gasteiger partial charge in [0.15, 0.2) is 5.65 Å². The monoisotopic (exact) mass is 580 g/mol. The fourth-order valence-electron chi connectivity index (χ4n) is 5.45. The molecule has 1 amide bonds. The highest BCUT2D eigenvalue weighted by Gasteiger charge is 2.20. The standard InChI is InChI=1S/C32H33FN8O2/c1-2-20-18-24(36-28-19-29(39-41-17-15-35-30(28)41)37-23-9-7-22(34)8-10-23)11-14-27(20)38-31(42)26-4-3-16-40(32(26)43)25-12-5-21(33)6-13-25/h3-6,11-19,22-23,36H,2,7-10,34H2,1H3,(H,37,39)(H,38,42). The first-order chi connectivity index (χ1) is 20.9. The number of nitrogens with one attached hydrogen (secondary N) is 3. The number of halogens is 1. The highest BCUT2D eigenvalue weighted by molar-refractivity contribution is 6.04. The van der Waals surface area contributed by atoms with E-state index in [1.807, 2.05) is 37.4 Å². The van der Waals surface area contributed by atoms with Gasteiger partial charge in [-0.15, -0.1) is 5.10 Å². The summed E-state index contributed by atoms with van der Waals surface area (Å²) in [6, 6.07) is 16.8. The Kier molecular flexibility index (Phi) is 7.89. The number of aromatic nitrogens is 4. The van der Waals surface area contributed by atoms with Crippen LogP contribution in [0.4, 0.5) is 27.3 Å². The molecular weight excluding hydrogens is 547 g/mol. The van der Waals surface area contributed by atoms with Crippen LogP contribution in [-0.4, -0.2) is 37.2 Å². The van der Waals surface area contributed by atoms with Gasteiger partial charge in [-0.25, -0.2) is 13.9 Å². The van der Waals surface area contributed by atoms with Crippen LogP contribution in [0.25, 0.3) is 11.3 Å². The lowest BCUT2D eigenvalue weighted by Crippen LogP contribution is -2.33. The minimum Gasteiger partial charge on any atom is -0.366 e. The van der Waals surface area contributed by atoms with E-state index < -0.39 is 17.3 Å². The molecule has 1 aliphatic carbocycles. The van der Waals surface area contributed by atoms with Crippen LogP contribution in [0.3, 0.4) is 0 Å². The number of amides is 1. The highest BCUT2D eigenvalue weighted by Crippen LogP contribution is 2.28. The molecule has 0 bridgehead atoms. The topological polar surface area (TPSA) is 131 Å². The number of pyridine rings is 1. The summed E-state index contributed by atoms with van der Waals surface area (Å²) >= 11 is 0. The maximum Gasteiger partial charge on any atom is 0.267 e. The van der Waals surface area contributed by atoms with Crippen LogP contribution in [0.2, 0.25) is 0 Å². The second-order valence-corrected chi connectivity index (χ2v) is 10.8. The van der Waals surface area contributed by atoms with Crippen molar-refractivity contribution in [3.05, 3.63) is 107 Å². The lowest BCUT2D eigenvalue weighted by Gasteiger charge is -2.27. The Morgan fingerprint density at radius 3 is 2.58 bits per heavy atom. The molecule has 3 aromatic heterocycles. The third-order valence-corrected chi connectivity index (χ3v) is 7.79. The molecule has 1 aliphatic rings. The SMILES string of the molecule is CCc1cc(Nc2cc(NC3CCC(N)CC3)nn3ccnc23)ccc1NC(=O)c1cccn(-c2ccc(F)cc2)c1=O. The van der Waals surface area contributed by atoms with E-state index in [0.717, 1.165) is 48.4 Å². The van der Waals surface area contributed by atoms with Crippen molar-refractivity contribution < 1.29 is 9.18 Å². The number of nitrogens with two attached hydrogens (primary N) is 1. The number of carbonyl (C=O) groups excluding carboxylic acids is 1. The van der Waals surface area contributed by atoms with E-state index in [4.69, 9.17) is 5.73 Å². The van der Waals surface area contributed by atoms with Crippen LogP contribution in [0.5, 0.6) is 0 Å². The van der Waals surface area contributed by atoms with Gasteiger partial charge in [-0.2, -0.15) is 0 Å². The van der Waals surface area contributed by atoms with E-state index in [1.165, 1.54) is 34.9 Å². The summed E-state index contributed by atoms with van der Waals surface area (Å²) in [5, 5.41) is 14.6. The fraction of sp³-hybridized carbons (Fsp3) is 0.250. The van der Waals surface area contributed by atoms with Crippen LogP contribution < -0.4 is 27.2 Å². The molecule has 0 unspecified atom stereocenters. The number of aryl methyl sites for hydroxylation is 1. The summed E-state index contributed by atoms with van der Waals surface area (Å²) in [5.41, 5.74) is 9.82. The molecule has 43 heavy (non-hydrogen) atoms. The number of rotatable bonds is 8. The van der Waals surface area contributed by atoms with Crippen LogP contribution in [0.15, 0.2) is 84.0 Å². The van der Waals surface area contributed by atoms with Gasteiger partial charge >= 0.3 is 0 Å². The predicted molar refractivity (Wildman–Crippen MR) is 166 cm³/mol. The van der Waals surface area contributed by atoms with Crippen LogP contribution >= 0.6 is 0 Å². The zero-order chi connectivity index (χ0) is 29.9. The number of hydrogen-bond acceptors (Lipinski definition) is 7. The van der Waals surface area contributed by atoms with Gasteiger partial charge in [0, 0.05) is 53.8 Å². The third-order valence-electron chi connectivity index (χ3n) is 7.79. The van der Waals surface area contributed by atoms with Gasteiger partial charge in [0.1, 0.15) is 17.2 Å². The fourth-order valence-corrected chi connectivity index (χ4v) is 5.45. The minimum atomic E-state index is -0.524. The van der Waals surface area contributed by atoms with Gasteiger partial charge in [-0.1, -0.05) is 6.92 Å². The normalized spacial score (nSPS) is 16.6. The maximum atomic E-state index is 13.4. The van der Waals surface area contributed by atoms with E-state index in [0.29, 0.717) is 29.5 Å². The molecule has 220 valence electrons. The Balaban J connectivity index is 1.22. The average molecular weight is 581 g/mol. The molecule has 0 saturated heterocycles. The molecule has 0 radical (unpaired) electrons. The minimum absolute atomic E-state index is 0.0189. The Bertz CT molecular complexity index is 1820. The number of carbonyl (C=O) groups is 1. The predicted octanol–water partition coefficient (Wildman–Crippen LogP) is 5.26. The zero-order valence-corrected chi connectivity index (χ0v) is 23.8. The summed E-state index contributed by atoms with van der Waals surface area (Å²) in [5.74, 6) is -0.178. The van der Waals surface area contributed by atoms with Crippen molar-refractivity contribution >= 4 is 34.4 Å². The lowest BCUT2D eigenvalue weighted by atomic mass is 9.92. The number of benzene rings is 2. The Morgan fingerprint density at radius 1 is 1.02 bits per heavy atom. The van der Waals surface area contributed by atoms with Crippen molar-refractivity contribution in [2.24, 2.45) is 5.73 Å². The number of imidazole rings is 1. The smallest absolute Gasteiger partial charge is 0.267 e. The number of anilines is 4. The van der Waals surface area contributed by atoms with Crippen molar-refractivity contribution in [3.8, 4) is 5.69 Å². The van der Waals surface area contributed by atoms with E-state index in [-0.39, 0.29) is 11.6 Å². The molecule has 2 aromatic carbocycles. The zero-order valence-electron chi connectivity index (χ0n) is 23.8. The second-order valence-electron chi connectivity index (χ2n) is 10.8. The van der Waals surface area contributed by atoms with Crippen molar-refractivity contribution in [1.82, 2.24) is 19.2 Å². The molecule has 10 nitrogen and oxygen atoms in total. The summed E-state index contributed by atoms with van der Waals surface area (Å²) < 4.78 is 16.4. The van der Waals surface area contributed by atoms with Crippen molar-refractivity contribution in [2.75, 3.05) is 16.0 Å². The van der Waals surface area contributed by atoms with Crippen LogP contribution in [0.1, 0.15) is 48.5 Å². The van der Waals surface area contributed by atoms with E-state index in [2.05, 4.69) is 26.0 Å². The largest absolute Gasteiger partial charge is 0.366 e. The van der Waals surface area contributed by atoms with Crippen LogP contribution in [-0.2, 0) is 6.42 Å². The average Bonchev–Trinajstić information content (AvgIpc) is 3.49. The molecule has 11 heteroatoms. The number of nitrogens with zero attached hydrogens (tertiary/aromatic N) is 4. The molecule has 5 N–H and O–H groups in total. The van der Waals surface area contributed by atoms with Gasteiger partial charge in [-0.05, 0) is 92.3 Å². The van der Waals surface area contributed by atoms with Crippen molar-refractivity contribution in [2.45, 2.75) is 51.1 Å². The highest BCUT2D eigenvalue weighted by atomic mass is 19.1. The molecular formula is C32H33FN8O2. The van der Waals surface area contributed by atoms with E-state index in [9.17, 15) is 14.0 Å². The van der Waals surface area contributed by atoms with Gasteiger partial charge < -0.3 is 21.7 Å².